The lowest BCUT2D eigenvalue weighted by molar-refractivity contribution is -0.115. The number of benzene rings is 2. The van der Waals surface area contributed by atoms with E-state index in [2.05, 4.69) is 25.7 Å². The van der Waals surface area contributed by atoms with Crippen molar-refractivity contribution in [2.45, 2.75) is 13.8 Å². The molecular formula is C19H24N10O. The fourth-order valence-electron chi connectivity index (χ4n) is 2.36. The Morgan fingerprint density at radius 3 is 2.03 bits per heavy atom. The van der Waals surface area contributed by atoms with E-state index in [9.17, 15) is 4.79 Å². The Balaban J connectivity index is 2.43. The second-order valence-electron chi connectivity index (χ2n) is 6.03. The first kappa shape index (κ1) is 21.9. The Hall–Kier alpha value is -4.41. The van der Waals surface area contributed by atoms with Gasteiger partial charge in [-0.05, 0) is 36.8 Å². The molecule has 0 radical (unpaired) electrons. The zero-order valence-corrected chi connectivity index (χ0v) is 16.6. The van der Waals surface area contributed by atoms with Crippen LogP contribution in [0.3, 0.4) is 0 Å². The van der Waals surface area contributed by atoms with E-state index in [-0.39, 0.29) is 23.8 Å². The molecule has 2 aromatic carbocycles. The Morgan fingerprint density at radius 2 is 1.50 bits per heavy atom. The number of para-hydroxylation sites is 1. The molecule has 2 rings (SSSR count). The molecule has 0 saturated carbocycles. The van der Waals surface area contributed by atoms with E-state index < -0.39 is 0 Å². The quantitative estimate of drug-likeness (QED) is 0.272. The largest absolute Gasteiger partial charge is 0.369 e. The van der Waals surface area contributed by atoms with E-state index in [0.29, 0.717) is 17.1 Å². The first-order chi connectivity index (χ1) is 14.3. The Bertz CT molecular complexity index is 986. The molecule has 30 heavy (non-hydrogen) atoms. The molecule has 0 saturated heterocycles. The molecular weight excluding hydrogens is 384 g/mol. The topological polar surface area (TPSA) is 186 Å². The lowest BCUT2D eigenvalue weighted by atomic mass is 10.1. The molecule has 156 valence electrons. The van der Waals surface area contributed by atoms with E-state index in [0.717, 1.165) is 5.56 Å². The monoisotopic (exact) mass is 408 g/mol. The molecule has 2 aromatic rings. The van der Waals surface area contributed by atoms with Crippen LogP contribution in [0, 0.1) is 0 Å². The van der Waals surface area contributed by atoms with Gasteiger partial charge in [0.2, 0.25) is 23.8 Å². The minimum atomic E-state index is -0.282. The van der Waals surface area contributed by atoms with Gasteiger partial charge in [-0.3, -0.25) is 4.79 Å². The van der Waals surface area contributed by atoms with Crippen LogP contribution < -0.4 is 33.3 Å². The summed E-state index contributed by atoms with van der Waals surface area (Å²) in [4.78, 5) is 18.2. The molecule has 0 aliphatic carbocycles. The van der Waals surface area contributed by atoms with Gasteiger partial charge in [-0.2, -0.15) is 5.10 Å². The molecule has 0 unspecified atom stereocenters. The number of carbonyl (C=O) groups is 1. The van der Waals surface area contributed by atoms with E-state index in [1.165, 1.54) is 11.8 Å². The standard InChI is InChI=1S/C19H24N10O/c1-12(25-26-17(20)21)14-8-10-15(11-9-14)24-19(28-27-18(22)23)29(13(2)30)16-6-4-3-5-7-16/h3-11H,1-2H3,(H,24,28)(H4,20,21,26)(H4,22,23,27). The molecule has 1 amide bonds. The summed E-state index contributed by atoms with van der Waals surface area (Å²) in [5.74, 6) is -0.492. The van der Waals surface area contributed by atoms with Crippen molar-refractivity contribution in [3.05, 3.63) is 60.2 Å². The van der Waals surface area contributed by atoms with Crippen LogP contribution in [0.2, 0.25) is 0 Å². The smallest absolute Gasteiger partial charge is 0.231 e. The van der Waals surface area contributed by atoms with Crippen LogP contribution in [0.25, 0.3) is 0 Å². The fourth-order valence-corrected chi connectivity index (χ4v) is 2.36. The third kappa shape index (κ3) is 6.34. The molecule has 0 aliphatic rings. The van der Waals surface area contributed by atoms with Crippen molar-refractivity contribution >= 4 is 40.9 Å². The number of hydrogen-bond donors (Lipinski definition) is 5. The van der Waals surface area contributed by atoms with E-state index in [4.69, 9.17) is 22.9 Å². The lowest BCUT2D eigenvalue weighted by Crippen LogP contribution is -2.43. The van der Waals surface area contributed by atoms with E-state index in [1.807, 2.05) is 6.07 Å². The summed E-state index contributed by atoms with van der Waals surface area (Å²) in [7, 11) is 0. The molecule has 0 atom stereocenters. The van der Waals surface area contributed by atoms with Gasteiger partial charge in [0.1, 0.15) is 0 Å². The van der Waals surface area contributed by atoms with Crippen LogP contribution in [-0.2, 0) is 4.79 Å². The van der Waals surface area contributed by atoms with Gasteiger partial charge in [0.05, 0.1) is 17.1 Å². The summed E-state index contributed by atoms with van der Waals surface area (Å²) in [5, 5.41) is 11.3. The number of aliphatic imine (C=N–C) groups is 1. The Kier molecular flexibility index (Phi) is 7.46. The van der Waals surface area contributed by atoms with Gasteiger partial charge in [0, 0.05) is 6.92 Å². The van der Waals surface area contributed by atoms with Crippen LogP contribution in [0.1, 0.15) is 19.4 Å². The van der Waals surface area contributed by atoms with Crippen molar-refractivity contribution in [1.82, 2.24) is 5.43 Å². The fraction of sp³-hybridized carbons (Fsp3) is 0.105. The second-order valence-corrected chi connectivity index (χ2v) is 6.03. The van der Waals surface area contributed by atoms with Gasteiger partial charge in [-0.25, -0.2) is 15.3 Å². The zero-order valence-electron chi connectivity index (χ0n) is 16.6. The molecule has 0 heterocycles. The number of rotatable bonds is 5. The number of carbonyl (C=O) groups excluding carboxylic acids is 1. The summed E-state index contributed by atoms with van der Waals surface area (Å²) in [6.07, 6.45) is 0. The third-order valence-corrected chi connectivity index (χ3v) is 3.66. The Labute approximate surface area is 173 Å². The number of anilines is 1. The zero-order chi connectivity index (χ0) is 22.1. The minimum Gasteiger partial charge on any atom is -0.369 e. The lowest BCUT2D eigenvalue weighted by Gasteiger charge is -2.22. The molecule has 0 aromatic heterocycles. The first-order valence-corrected chi connectivity index (χ1v) is 8.80. The SMILES string of the molecule is CC(=O)N(C(=Nc1ccc(C(C)=NN=C(N)N)cc1)NN=C(N)N)c1ccccc1. The van der Waals surface area contributed by atoms with Crippen LogP contribution in [-0.4, -0.2) is 29.5 Å². The van der Waals surface area contributed by atoms with E-state index in [1.54, 1.807) is 55.5 Å². The molecule has 0 spiro atoms. The maximum absolute atomic E-state index is 12.3. The molecule has 11 nitrogen and oxygen atoms in total. The van der Waals surface area contributed by atoms with Crippen molar-refractivity contribution in [1.29, 1.82) is 0 Å². The molecule has 0 fully saturated rings. The maximum atomic E-state index is 12.3. The van der Waals surface area contributed by atoms with Gasteiger partial charge in [-0.15, -0.1) is 10.2 Å². The predicted molar refractivity (Wildman–Crippen MR) is 120 cm³/mol. The highest BCUT2D eigenvalue weighted by atomic mass is 16.2. The summed E-state index contributed by atoms with van der Waals surface area (Å²) in [5.41, 5.74) is 26.6. The number of nitrogens with one attached hydrogen (secondary N) is 1. The molecule has 11 heteroatoms. The molecule has 0 bridgehead atoms. The van der Waals surface area contributed by atoms with Crippen LogP contribution >= 0.6 is 0 Å². The average Bonchev–Trinajstić information content (AvgIpc) is 2.71. The minimum absolute atomic E-state index is 0.126. The maximum Gasteiger partial charge on any atom is 0.231 e. The van der Waals surface area contributed by atoms with E-state index >= 15 is 0 Å². The molecule has 9 N–H and O–H groups in total. The van der Waals surface area contributed by atoms with Gasteiger partial charge >= 0.3 is 0 Å². The highest BCUT2D eigenvalue weighted by Crippen LogP contribution is 2.18. The normalized spacial score (nSPS) is 11.4. The summed E-state index contributed by atoms with van der Waals surface area (Å²) < 4.78 is 0. The van der Waals surface area contributed by atoms with Crippen molar-refractivity contribution < 1.29 is 4.79 Å². The summed E-state index contributed by atoms with van der Waals surface area (Å²) in [6, 6.07) is 16.0. The van der Waals surface area contributed by atoms with Gasteiger partial charge in [0.15, 0.2) is 0 Å². The Morgan fingerprint density at radius 1 is 0.867 bits per heavy atom. The number of amides is 1. The average molecular weight is 408 g/mol. The van der Waals surface area contributed by atoms with Gasteiger partial charge in [-0.1, -0.05) is 30.3 Å². The predicted octanol–water partition coefficient (Wildman–Crippen LogP) is 0.503. The first-order valence-electron chi connectivity index (χ1n) is 8.80. The van der Waals surface area contributed by atoms with Crippen molar-refractivity contribution in [2.24, 2.45) is 43.2 Å². The van der Waals surface area contributed by atoms with Crippen molar-refractivity contribution in [3.63, 3.8) is 0 Å². The van der Waals surface area contributed by atoms with Crippen molar-refractivity contribution in [3.8, 4) is 0 Å². The second kappa shape index (κ2) is 10.2. The van der Waals surface area contributed by atoms with Gasteiger partial charge in [0.25, 0.3) is 0 Å². The van der Waals surface area contributed by atoms with Gasteiger partial charge < -0.3 is 22.9 Å². The third-order valence-electron chi connectivity index (χ3n) is 3.66. The van der Waals surface area contributed by atoms with Crippen LogP contribution in [0.15, 0.2) is 74.9 Å². The number of nitrogens with two attached hydrogens (primary N) is 4. The molecule has 0 aliphatic heterocycles. The number of nitrogens with zero attached hydrogens (tertiary/aromatic N) is 5. The van der Waals surface area contributed by atoms with Crippen molar-refractivity contribution in [2.75, 3.05) is 4.90 Å². The summed E-state index contributed by atoms with van der Waals surface area (Å²) >= 11 is 0. The number of hydrazone groups is 1. The highest BCUT2D eigenvalue weighted by Gasteiger charge is 2.18. The van der Waals surface area contributed by atoms with Crippen LogP contribution in [0.5, 0.6) is 0 Å². The highest BCUT2D eigenvalue weighted by molar-refractivity contribution is 6.16. The van der Waals surface area contributed by atoms with Crippen LogP contribution in [0.4, 0.5) is 11.4 Å². The summed E-state index contributed by atoms with van der Waals surface area (Å²) in [6.45, 7) is 3.18. The number of hydrogen-bond acceptors (Lipinski definition) is 5. The number of guanidine groups is 3.